The summed E-state index contributed by atoms with van der Waals surface area (Å²) in [6, 6.07) is 11.7. The largest absolute Gasteiger partial charge is 0.497 e. The Morgan fingerprint density at radius 3 is 2.56 bits per heavy atom. The van der Waals surface area contributed by atoms with Gasteiger partial charge in [0.1, 0.15) is 17.6 Å². The zero-order valence-electron chi connectivity index (χ0n) is 22.6. The molecule has 0 saturated heterocycles. The van der Waals surface area contributed by atoms with Crippen molar-refractivity contribution in [1.29, 1.82) is 0 Å². The standard InChI is InChI=1S/C28H36F3N3O5/c1-18-14-34(19(2)17-35)27(37)23-13-21(32-26(36)11-12-28(29,30)31)7-10-24(23)39-25(18)16-33(3)15-20-5-8-22(38-4)9-6-20/h5-10,13,18-19,25,35H,11-12,14-17H2,1-4H3,(H,32,36)/t18-,19+,25-/m0/s1. The molecule has 0 unspecified atom stereocenters. The molecule has 1 aliphatic rings. The first kappa shape index (κ1) is 30.2. The van der Waals surface area contributed by atoms with Gasteiger partial charge < -0.3 is 24.8 Å². The van der Waals surface area contributed by atoms with Gasteiger partial charge in [-0.2, -0.15) is 13.2 Å². The third-order valence-electron chi connectivity index (χ3n) is 6.69. The number of carbonyl (C=O) groups is 2. The summed E-state index contributed by atoms with van der Waals surface area (Å²) in [6.07, 6.45) is -6.73. The van der Waals surface area contributed by atoms with E-state index in [9.17, 15) is 27.9 Å². The molecule has 39 heavy (non-hydrogen) atoms. The second-order valence-corrected chi connectivity index (χ2v) is 10.0. The molecule has 0 aromatic heterocycles. The Morgan fingerprint density at radius 2 is 1.95 bits per heavy atom. The average molecular weight is 552 g/mol. The second-order valence-electron chi connectivity index (χ2n) is 10.0. The van der Waals surface area contributed by atoms with Crippen LogP contribution in [0.4, 0.5) is 18.9 Å². The van der Waals surface area contributed by atoms with Crippen LogP contribution in [0.1, 0.15) is 42.6 Å². The molecule has 2 amide bonds. The monoisotopic (exact) mass is 551 g/mol. The molecule has 3 atom stereocenters. The highest BCUT2D eigenvalue weighted by Crippen LogP contribution is 2.31. The van der Waals surface area contributed by atoms with Gasteiger partial charge in [0.25, 0.3) is 5.91 Å². The molecule has 0 bridgehead atoms. The molecule has 11 heteroatoms. The number of hydrogen-bond donors (Lipinski definition) is 2. The summed E-state index contributed by atoms with van der Waals surface area (Å²) in [6.45, 7) is 4.99. The molecule has 0 aliphatic carbocycles. The van der Waals surface area contributed by atoms with Crippen molar-refractivity contribution in [3.8, 4) is 11.5 Å². The summed E-state index contributed by atoms with van der Waals surface area (Å²) in [5.74, 6) is -0.212. The lowest BCUT2D eigenvalue weighted by atomic mass is 9.99. The van der Waals surface area contributed by atoms with Gasteiger partial charge in [-0.1, -0.05) is 19.1 Å². The first-order chi connectivity index (χ1) is 18.4. The fourth-order valence-electron chi connectivity index (χ4n) is 4.41. The van der Waals surface area contributed by atoms with Crippen LogP contribution in [0.2, 0.25) is 0 Å². The van der Waals surface area contributed by atoms with Crippen molar-refractivity contribution < 1.29 is 37.3 Å². The van der Waals surface area contributed by atoms with Crippen LogP contribution in [0, 0.1) is 5.92 Å². The van der Waals surface area contributed by atoms with Gasteiger partial charge in [0, 0.05) is 37.7 Å². The molecule has 1 heterocycles. The number of methoxy groups -OCH3 is 1. The van der Waals surface area contributed by atoms with E-state index in [4.69, 9.17) is 9.47 Å². The van der Waals surface area contributed by atoms with Crippen molar-refractivity contribution in [3.63, 3.8) is 0 Å². The van der Waals surface area contributed by atoms with Crippen molar-refractivity contribution >= 4 is 17.5 Å². The Balaban J connectivity index is 1.82. The Labute approximate surface area is 226 Å². The normalized spacial score (nSPS) is 18.6. The van der Waals surface area contributed by atoms with Gasteiger partial charge in [-0.3, -0.25) is 14.5 Å². The highest BCUT2D eigenvalue weighted by Gasteiger charge is 2.34. The topological polar surface area (TPSA) is 91.3 Å². The number of amides is 2. The van der Waals surface area contributed by atoms with Gasteiger partial charge in [-0.15, -0.1) is 0 Å². The van der Waals surface area contributed by atoms with Crippen LogP contribution in [0.3, 0.4) is 0 Å². The Hall–Kier alpha value is -3.31. The lowest BCUT2D eigenvalue weighted by molar-refractivity contribution is -0.142. The third-order valence-corrected chi connectivity index (χ3v) is 6.69. The first-order valence-corrected chi connectivity index (χ1v) is 12.8. The number of rotatable bonds is 10. The van der Waals surface area contributed by atoms with E-state index in [-0.39, 0.29) is 29.9 Å². The maximum absolute atomic E-state index is 13.5. The number of aliphatic hydroxyl groups excluding tert-OH is 1. The fourth-order valence-corrected chi connectivity index (χ4v) is 4.41. The minimum Gasteiger partial charge on any atom is -0.497 e. The van der Waals surface area contributed by atoms with Gasteiger partial charge >= 0.3 is 6.18 Å². The Bertz CT molecular complexity index is 1130. The van der Waals surface area contributed by atoms with Crippen LogP contribution in [0.5, 0.6) is 11.5 Å². The fraction of sp³-hybridized carbons (Fsp3) is 0.500. The van der Waals surface area contributed by atoms with E-state index in [2.05, 4.69) is 10.2 Å². The summed E-state index contributed by atoms with van der Waals surface area (Å²) in [5.41, 5.74) is 1.45. The van der Waals surface area contributed by atoms with E-state index in [1.54, 1.807) is 25.0 Å². The number of aliphatic hydroxyl groups is 1. The lowest BCUT2D eigenvalue weighted by Gasteiger charge is -2.38. The third kappa shape index (κ3) is 8.59. The highest BCUT2D eigenvalue weighted by molar-refractivity contribution is 5.99. The molecule has 2 N–H and O–H groups in total. The summed E-state index contributed by atoms with van der Waals surface area (Å²) < 4.78 is 49.1. The summed E-state index contributed by atoms with van der Waals surface area (Å²) in [5, 5.41) is 12.3. The molecule has 1 aliphatic heterocycles. The predicted molar refractivity (Wildman–Crippen MR) is 141 cm³/mol. The minimum absolute atomic E-state index is 0.0869. The van der Waals surface area contributed by atoms with E-state index in [1.807, 2.05) is 38.2 Å². The zero-order chi connectivity index (χ0) is 28.7. The van der Waals surface area contributed by atoms with Gasteiger partial charge in [-0.05, 0) is 49.9 Å². The molecule has 0 saturated carbocycles. The number of nitrogens with one attached hydrogen (secondary N) is 1. The zero-order valence-corrected chi connectivity index (χ0v) is 22.6. The van der Waals surface area contributed by atoms with Gasteiger partial charge in [0.2, 0.25) is 5.91 Å². The number of benzene rings is 2. The molecule has 0 spiro atoms. The second kappa shape index (κ2) is 13.2. The van der Waals surface area contributed by atoms with E-state index in [1.165, 1.54) is 12.1 Å². The number of fused-ring (bicyclic) bond motifs is 1. The molecule has 2 aromatic carbocycles. The number of alkyl halides is 3. The van der Waals surface area contributed by atoms with Crippen molar-refractivity contribution in [2.75, 3.05) is 39.2 Å². The maximum atomic E-state index is 13.5. The molecular formula is C28H36F3N3O5. The van der Waals surface area contributed by atoms with Crippen molar-refractivity contribution in [2.45, 2.75) is 51.6 Å². The lowest BCUT2D eigenvalue weighted by Crippen LogP contribution is -2.49. The number of likely N-dealkylation sites (N-methyl/N-ethyl adjacent to an activating group) is 1. The number of nitrogens with zero attached hydrogens (tertiary/aromatic N) is 2. The van der Waals surface area contributed by atoms with Gasteiger partial charge in [0.15, 0.2) is 0 Å². The smallest absolute Gasteiger partial charge is 0.389 e. The van der Waals surface area contributed by atoms with Crippen LogP contribution in [0.15, 0.2) is 42.5 Å². The first-order valence-electron chi connectivity index (χ1n) is 12.8. The maximum Gasteiger partial charge on any atom is 0.389 e. The van der Waals surface area contributed by atoms with E-state index in [0.29, 0.717) is 25.4 Å². The van der Waals surface area contributed by atoms with Crippen LogP contribution in [-0.2, 0) is 11.3 Å². The van der Waals surface area contributed by atoms with Gasteiger partial charge in [-0.25, -0.2) is 0 Å². The average Bonchev–Trinajstić information content (AvgIpc) is 2.89. The quantitative estimate of drug-likeness (QED) is 0.457. The van der Waals surface area contributed by atoms with E-state index in [0.717, 1.165) is 11.3 Å². The van der Waals surface area contributed by atoms with Crippen LogP contribution in [0.25, 0.3) is 0 Å². The number of hydrogen-bond acceptors (Lipinski definition) is 6. The molecule has 214 valence electrons. The molecular weight excluding hydrogens is 515 g/mol. The van der Waals surface area contributed by atoms with Crippen molar-refractivity contribution in [2.24, 2.45) is 5.92 Å². The summed E-state index contributed by atoms with van der Waals surface area (Å²) in [7, 11) is 3.58. The minimum atomic E-state index is -4.44. The highest BCUT2D eigenvalue weighted by atomic mass is 19.4. The molecule has 3 rings (SSSR count). The van der Waals surface area contributed by atoms with Crippen LogP contribution >= 0.6 is 0 Å². The Kier molecular flexibility index (Phi) is 10.2. The SMILES string of the molecule is COc1ccc(CN(C)C[C@@H]2Oc3ccc(NC(=O)CCC(F)(F)F)cc3C(=O)N([C@H](C)CO)C[C@@H]2C)cc1. The van der Waals surface area contributed by atoms with Crippen molar-refractivity contribution in [1.82, 2.24) is 9.80 Å². The summed E-state index contributed by atoms with van der Waals surface area (Å²) in [4.78, 5) is 29.3. The van der Waals surface area contributed by atoms with Gasteiger partial charge in [0.05, 0.1) is 31.7 Å². The number of ether oxygens (including phenoxy) is 2. The van der Waals surface area contributed by atoms with E-state index < -0.39 is 36.9 Å². The van der Waals surface area contributed by atoms with Crippen LogP contribution < -0.4 is 14.8 Å². The molecule has 0 radical (unpaired) electrons. The predicted octanol–water partition coefficient (Wildman–Crippen LogP) is 4.33. The number of carbonyl (C=O) groups excluding carboxylic acids is 2. The molecule has 2 aromatic rings. The summed E-state index contributed by atoms with van der Waals surface area (Å²) >= 11 is 0. The number of anilines is 1. The van der Waals surface area contributed by atoms with E-state index >= 15 is 0 Å². The number of halogens is 3. The molecule has 0 fully saturated rings. The van der Waals surface area contributed by atoms with Crippen LogP contribution in [-0.4, -0.2) is 78.9 Å². The Morgan fingerprint density at radius 1 is 1.26 bits per heavy atom. The molecule has 8 nitrogen and oxygen atoms in total. The van der Waals surface area contributed by atoms with Crippen molar-refractivity contribution in [3.05, 3.63) is 53.6 Å².